The minimum Gasteiger partial charge on any atom is -0.325 e. The SMILES string of the molecule is C=CCC(CCCCCCCCCC)C(C)(C)N.Cl. The number of allylic oxidation sites excluding steroid dienone is 1. The van der Waals surface area contributed by atoms with Crippen molar-refractivity contribution in [1.82, 2.24) is 0 Å². The molecule has 0 saturated carbocycles. The van der Waals surface area contributed by atoms with E-state index in [1.54, 1.807) is 0 Å². The summed E-state index contributed by atoms with van der Waals surface area (Å²) in [6, 6.07) is 0. The molecule has 0 heterocycles. The Kier molecular flexibility index (Phi) is 14.6. The van der Waals surface area contributed by atoms with Crippen molar-refractivity contribution in [2.45, 2.75) is 90.5 Å². The predicted molar refractivity (Wildman–Crippen MR) is 91.0 cm³/mol. The van der Waals surface area contributed by atoms with Gasteiger partial charge in [0.1, 0.15) is 0 Å². The zero-order chi connectivity index (χ0) is 13.9. The van der Waals surface area contributed by atoms with Crippen LogP contribution in [0.5, 0.6) is 0 Å². The molecular formula is C17H36ClN. The summed E-state index contributed by atoms with van der Waals surface area (Å²) in [5.41, 5.74) is 6.15. The van der Waals surface area contributed by atoms with Gasteiger partial charge in [-0.05, 0) is 32.6 Å². The molecule has 2 N–H and O–H groups in total. The van der Waals surface area contributed by atoms with Crippen molar-refractivity contribution in [3.63, 3.8) is 0 Å². The molecule has 0 radical (unpaired) electrons. The van der Waals surface area contributed by atoms with E-state index in [2.05, 4.69) is 27.4 Å². The van der Waals surface area contributed by atoms with E-state index in [0.717, 1.165) is 6.42 Å². The topological polar surface area (TPSA) is 26.0 Å². The van der Waals surface area contributed by atoms with Crippen LogP contribution in [0, 0.1) is 5.92 Å². The highest BCUT2D eigenvalue weighted by atomic mass is 35.5. The van der Waals surface area contributed by atoms with Gasteiger partial charge in [-0.15, -0.1) is 19.0 Å². The van der Waals surface area contributed by atoms with Crippen LogP contribution in [-0.2, 0) is 0 Å². The minimum atomic E-state index is -0.0602. The first-order valence-electron chi connectivity index (χ1n) is 7.92. The van der Waals surface area contributed by atoms with Crippen LogP contribution in [0.2, 0.25) is 0 Å². The fourth-order valence-electron chi connectivity index (χ4n) is 2.52. The van der Waals surface area contributed by atoms with Crippen molar-refractivity contribution in [2.75, 3.05) is 0 Å². The quantitative estimate of drug-likeness (QED) is 0.353. The zero-order valence-electron chi connectivity index (χ0n) is 13.4. The average Bonchev–Trinajstić information content (AvgIpc) is 2.30. The molecule has 0 fully saturated rings. The minimum absolute atomic E-state index is 0. The van der Waals surface area contributed by atoms with Crippen LogP contribution in [0.1, 0.15) is 85.0 Å². The Morgan fingerprint density at radius 2 is 1.47 bits per heavy atom. The number of unbranched alkanes of at least 4 members (excludes halogenated alkanes) is 7. The standard InChI is InChI=1S/C17H35N.ClH/c1-5-7-8-9-10-11-12-13-15-16(14-6-2)17(3,4)18;/h6,16H,2,5,7-15,18H2,1,3-4H3;1H. The van der Waals surface area contributed by atoms with Gasteiger partial charge in [-0.3, -0.25) is 0 Å². The van der Waals surface area contributed by atoms with Crippen LogP contribution < -0.4 is 5.73 Å². The van der Waals surface area contributed by atoms with Crippen LogP contribution in [0.3, 0.4) is 0 Å². The van der Waals surface area contributed by atoms with Crippen molar-refractivity contribution in [1.29, 1.82) is 0 Å². The van der Waals surface area contributed by atoms with Gasteiger partial charge in [-0.1, -0.05) is 64.4 Å². The number of hydrogen-bond donors (Lipinski definition) is 1. The second-order valence-electron chi connectivity index (χ2n) is 6.31. The monoisotopic (exact) mass is 289 g/mol. The molecular weight excluding hydrogens is 254 g/mol. The number of halogens is 1. The van der Waals surface area contributed by atoms with Gasteiger partial charge in [0.2, 0.25) is 0 Å². The number of nitrogens with two attached hydrogens (primary N) is 1. The lowest BCUT2D eigenvalue weighted by Gasteiger charge is -2.29. The Morgan fingerprint density at radius 1 is 1.00 bits per heavy atom. The summed E-state index contributed by atoms with van der Waals surface area (Å²) in [5, 5.41) is 0. The Labute approximate surface area is 127 Å². The van der Waals surface area contributed by atoms with Crippen molar-refractivity contribution < 1.29 is 0 Å². The van der Waals surface area contributed by atoms with Gasteiger partial charge in [0.25, 0.3) is 0 Å². The molecule has 0 aromatic rings. The molecule has 116 valence electrons. The molecule has 2 heteroatoms. The Balaban J connectivity index is 0. The second kappa shape index (κ2) is 13.0. The molecule has 1 atom stereocenters. The number of rotatable bonds is 12. The summed E-state index contributed by atoms with van der Waals surface area (Å²) in [5.74, 6) is 0.593. The van der Waals surface area contributed by atoms with E-state index in [1.165, 1.54) is 57.8 Å². The lowest BCUT2D eigenvalue weighted by molar-refractivity contribution is 0.294. The Bertz CT molecular complexity index is 196. The van der Waals surface area contributed by atoms with E-state index >= 15 is 0 Å². The second-order valence-corrected chi connectivity index (χ2v) is 6.31. The molecule has 1 nitrogen and oxygen atoms in total. The van der Waals surface area contributed by atoms with Crippen molar-refractivity contribution in [3.05, 3.63) is 12.7 Å². The summed E-state index contributed by atoms with van der Waals surface area (Å²) in [6.45, 7) is 10.4. The van der Waals surface area contributed by atoms with Gasteiger partial charge in [0, 0.05) is 5.54 Å². The third kappa shape index (κ3) is 12.8. The first-order valence-corrected chi connectivity index (χ1v) is 7.92. The van der Waals surface area contributed by atoms with E-state index in [0.29, 0.717) is 5.92 Å². The Hall–Kier alpha value is -0.0100. The lowest BCUT2D eigenvalue weighted by atomic mass is 9.82. The third-order valence-corrected chi connectivity index (χ3v) is 3.91. The van der Waals surface area contributed by atoms with Gasteiger partial charge in [-0.25, -0.2) is 0 Å². The summed E-state index contributed by atoms with van der Waals surface area (Å²) < 4.78 is 0. The Morgan fingerprint density at radius 3 is 1.89 bits per heavy atom. The highest BCUT2D eigenvalue weighted by Gasteiger charge is 2.22. The smallest absolute Gasteiger partial charge is 0.0128 e. The lowest BCUT2D eigenvalue weighted by Crippen LogP contribution is -2.40. The molecule has 0 aromatic heterocycles. The zero-order valence-corrected chi connectivity index (χ0v) is 14.2. The molecule has 1 unspecified atom stereocenters. The maximum absolute atomic E-state index is 6.21. The molecule has 19 heavy (non-hydrogen) atoms. The van der Waals surface area contributed by atoms with E-state index in [4.69, 9.17) is 5.73 Å². The van der Waals surface area contributed by atoms with Gasteiger partial charge in [0.15, 0.2) is 0 Å². The summed E-state index contributed by atoms with van der Waals surface area (Å²) in [6.07, 6.45) is 15.4. The molecule has 0 aliphatic rings. The summed E-state index contributed by atoms with van der Waals surface area (Å²) >= 11 is 0. The van der Waals surface area contributed by atoms with E-state index in [9.17, 15) is 0 Å². The normalized spacial score (nSPS) is 12.8. The molecule has 0 aliphatic heterocycles. The third-order valence-electron chi connectivity index (χ3n) is 3.91. The van der Waals surface area contributed by atoms with Gasteiger partial charge >= 0.3 is 0 Å². The molecule has 0 spiro atoms. The largest absolute Gasteiger partial charge is 0.325 e. The highest BCUT2D eigenvalue weighted by Crippen LogP contribution is 2.24. The maximum Gasteiger partial charge on any atom is 0.0128 e. The molecule has 0 rings (SSSR count). The van der Waals surface area contributed by atoms with Crippen LogP contribution in [0.15, 0.2) is 12.7 Å². The van der Waals surface area contributed by atoms with Gasteiger partial charge < -0.3 is 5.73 Å². The van der Waals surface area contributed by atoms with Crippen LogP contribution in [0.4, 0.5) is 0 Å². The van der Waals surface area contributed by atoms with Crippen LogP contribution in [-0.4, -0.2) is 5.54 Å². The van der Waals surface area contributed by atoms with E-state index in [-0.39, 0.29) is 17.9 Å². The fraction of sp³-hybridized carbons (Fsp3) is 0.882. The van der Waals surface area contributed by atoms with Crippen molar-refractivity contribution in [2.24, 2.45) is 11.7 Å². The molecule has 0 aromatic carbocycles. The van der Waals surface area contributed by atoms with Crippen LogP contribution in [0.25, 0.3) is 0 Å². The van der Waals surface area contributed by atoms with E-state index in [1.807, 2.05) is 6.08 Å². The summed E-state index contributed by atoms with van der Waals surface area (Å²) in [7, 11) is 0. The molecule has 0 saturated heterocycles. The highest BCUT2D eigenvalue weighted by molar-refractivity contribution is 5.85. The van der Waals surface area contributed by atoms with E-state index < -0.39 is 0 Å². The first kappa shape index (κ1) is 21.3. The fourth-order valence-corrected chi connectivity index (χ4v) is 2.52. The van der Waals surface area contributed by atoms with Crippen molar-refractivity contribution in [3.8, 4) is 0 Å². The predicted octanol–water partition coefficient (Wildman–Crippen LogP) is 5.87. The summed E-state index contributed by atoms with van der Waals surface area (Å²) in [4.78, 5) is 0. The maximum atomic E-state index is 6.21. The van der Waals surface area contributed by atoms with Crippen LogP contribution >= 0.6 is 12.4 Å². The molecule has 0 bridgehead atoms. The van der Waals surface area contributed by atoms with Gasteiger partial charge in [0.05, 0.1) is 0 Å². The van der Waals surface area contributed by atoms with Gasteiger partial charge in [-0.2, -0.15) is 0 Å². The average molecular weight is 290 g/mol. The first-order chi connectivity index (χ1) is 8.52. The molecule has 0 amide bonds. The van der Waals surface area contributed by atoms with Crippen molar-refractivity contribution >= 4 is 12.4 Å². The number of hydrogen-bond acceptors (Lipinski definition) is 1. The molecule has 0 aliphatic carbocycles.